The number of amides is 1. The highest BCUT2D eigenvalue weighted by molar-refractivity contribution is 7.22. The van der Waals surface area contributed by atoms with Crippen LogP contribution >= 0.6 is 11.3 Å². The zero-order valence-corrected chi connectivity index (χ0v) is 10.2. The molecule has 0 aliphatic rings. The molecular formula is C11H9F3N2OS. The Balaban J connectivity index is 2.28. The molecule has 1 aromatic carbocycles. The fraction of sp³-hybridized carbons (Fsp3) is 0.273. The lowest BCUT2D eigenvalue weighted by molar-refractivity contribution is -0.167. The highest BCUT2D eigenvalue weighted by Gasteiger charge is 2.39. The van der Waals surface area contributed by atoms with Crippen molar-refractivity contribution in [1.82, 2.24) is 4.98 Å². The van der Waals surface area contributed by atoms with Crippen LogP contribution in [0.3, 0.4) is 0 Å². The number of nitrogens with one attached hydrogen (secondary N) is 1. The van der Waals surface area contributed by atoms with E-state index in [2.05, 4.69) is 4.98 Å². The summed E-state index contributed by atoms with van der Waals surface area (Å²) in [4.78, 5) is 14.7. The Kier molecular flexibility index (Phi) is 3.25. The number of thiazole rings is 1. The number of hydrogen-bond acceptors (Lipinski definition) is 3. The zero-order chi connectivity index (χ0) is 13.3. The summed E-state index contributed by atoms with van der Waals surface area (Å²) in [5.41, 5.74) is 1.65. The van der Waals surface area contributed by atoms with Gasteiger partial charge in [-0.15, -0.1) is 0 Å². The largest absolute Gasteiger partial charge is 0.471 e. The molecule has 1 amide bonds. The van der Waals surface area contributed by atoms with Crippen molar-refractivity contribution in [2.45, 2.75) is 19.5 Å². The van der Waals surface area contributed by atoms with Crippen molar-refractivity contribution in [3.8, 4) is 0 Å². The van der Waals surface area contributed by atoms with E-state index in [-0.39, 0.29) is 5.13 Å². The second-order valence-corrected chi connectivity index (χ2v) is 4.66. The Bertz CT molecular complexity index is 591. The number of hydrogen-bond donors (Lipinski definition) is 1. The molecule has 0 radical (unpaired) electrons. The monoisotopic (exact) mass is 274 g/mol. The van der Waals surface area contributed by atoms with Crippen molar-refractivity contribution in [2.24, 2.45) is 0 Å². The van der Waals surface area contributed by atoms with E-state index in [1.165, 1.54) is 0 Å². The predicted molar refractivity (Wildman–Crippen MR) is 63.7 cm³/mol. The summed E-state index contributed by atoms with van der Waals surface area (Å²) in [5, 5.41) is 1.71. The highest BCUT2D eigenvalue weighted by atomic mass is 32.1. The fourth-order valence-electron chi connectivity index (χ4n) is 1.41. The number of nitrogens with zero attached hydrogens (tertiary/aromatic N) is 1. The molecule has 3 nitrogen and oxygen atoms in total. The molecule has 1 heterocycles. The van der Waals surface area contributed by atoms with Crippen LogP contribution in [0.2, 0.25) is 0 Å². The van der Waals surface area contributed by atoms with Crippen LogP contribution in [-0.2, 0) is 11.2 Å². The van der Waals surface area contributed by atoms with Gasteiger partial charge in [-0.1, -0.05) is 24.3 Å². The number of anilines is 1. The minimum absolute atomic E-state index is 0.0411. The van der Waals surface area contributed by atoms with E-state index in [0.29, 0.717) is 5.52 Å². The number of carbonyl (C=O) groups is 1. The average Bonchev–Trinajstić information content (AvgIpc) is 2.68. The van der Waals surface area contributed by atoms with Gasteiger partial charge in [0.1, 0.15) is 0 Å². The maximum absolute atomic E-state index is 12.1. The van der Waals surface area contributed by atoms with Crippen molar-refractivity contribution in [3.63, 3.8) is 0 Å². The maximum atomic E-state index is 12.1. The third kappa shape index (κ3) is 2.61. The van der Waals surface area contributed by atoms with Gasteiger partial charge in [0, 0.05) is 0 Å². The standard InChI is InChI=1S/C11H9F3N2OS/c1-2-6-3-4-7-8(5-6)18-10(15-7)16-9(17)11(12,13)14/h3-5H,2H2,1H3,(H,15,16,17). The van der Waals surface area contributed by atoms with Gasteiger partial charge in [-0.2, -0.15) is 13.2 Å². The van der Waals surface area contributed by atoms with Crippen LogP contribution < -0.4 is 5.32 Å². The molecule has 2 aromatic rings. The molecule has 0 saturated carbocycles. The van der Waals surface area contributed by atoms with Gasteiger partial charge in [-0.25, -0.2) is 4.98 Å². The summed E-state index contributed by atoms with van der Waals surface area (Å²) in [5.74, 6) is -2.00. The smallest absolute Gasteiger partial charge is 0.294 e. The lowest BCUT2D eigenvalue weighted by Gasteiger charge is -2.03. The molecule has 1 N–H and O–H groups in total. The Hall–Kier alpha value is -1.63. The summed E-state index contributed by atoms with van der Waals surface area (Å²) in [6, 6.07) is 5.45. The third-order valence-corrected chi connectivity index (χ3v) is 3.27. The Morgan fingerprint density at radius 2 is 2.17 bits per heavy atom. The first kappa shape index (κ1) is 12.8. The number of fused-ring (bicyclic) bond motifs is 1. The van der Waals surface area contributed by atoms with Crippen LogP contribution in [0.5, 0.6) is 0 Å². The lowest BCUT2D eigenvalue weighted by Crippen LogP contribution is -2.29. The first-order valence-corrected chi connectivity index (χ1v) is 5.99. The summed E-state index contributed by atoms with van der Waals surface area (Å²) in [6.45, 7) is 1.98. The summed E-state index contributed by atoms with van der Waals surface area (Å²) >= 11 is 1.03. The number of rotatable bonds is 2. The number of carbonyl (C=O) groups excluding carboxylic acids is 1. The van der Waals surface area contributed by atoms with Gasteiger partial charge in [-0.05, 0) is 24.1 Å². The minimum atomic E-state index is -4.90. The molecule has 96 valence electrons. The first-order chi connectivity index (χ1) is 8.40. The second-order valence-electron chi connectivity index (χ2n) is 3.63. The highest BCUT2D eigenvalue weighted by Crippen LogP contribution is 2.28. The molecule has 18 heavy (non-hydrogen) atoms. The molecule has 0 saturated heterocycles. The first-order valence-electron chi connectivity index (χ1n) is 5.18. The van der Waals surface area contributed by atoms with Gasteiger partial charge in [-0.3, -0.25) is 10.1 Å². The molecular weight excluding hydrogens is 265 g/mol. The van der Waals surface area contributed by atoms with Crippen LogP contribution in [0.1, 0.15) is 12.5 Å². The third-order valence-electron chi connectivity index (χ3n) is 2.34. The second kappa shape index (κ2) is 4.56. The van der Waals surface area contributed by atoms with Crippen molar-refractivity contribution in [1.29, 1.82) is 0 Å². The minimum Gasteiger partial charge on any atom is -0.294 e. The lowest BCUT2D eigenvalue weighted by atomic mass is 10.2. The van der Waals surface area contributed by atoms with Crippen LogP contribution in [0.4, 0.5) is 18.3 Å². The molecule has 1 aromatic heterocycles. The molecule has 2 rings (SSSR count). The van der Waals surface area contributed by atoms with Crippen LogP contribution in [-0.4, -0.2) is 17.1 Å². The zero-order valence-electron chi connectivity index (χ0n) is 9.34. The molecule has 0 bridgehead atoms. The van der Waals surface area contributed by atoms with Gasteiger partial charge in [0.25, 0.3) is 0 Å². The predicted octanol–water partition coefficient (Wildman–Crippen LogP) is 3.36. The van der Waals surface area contributed by atoms with E-state index in [4.69, 9.17) is 0 Å². The van der Waals surface area contributed by atoms with E-state index in [9.17, 15) is 18.0 Å². The van der Waals surface area contributed by atoms with Crippen molar-refractivity contribution in [3.05, 3.63) is 23.8 Å². The van der Waals surface area contributed by atoms with E-state index >= 15 is 0 Å². The average molecular weight is 274 g/mol. The molecule has 7 heteroatoms. The Morgan fingerprint density at radius 1 is 1.44 bits per heavy atom. The summed E-state index contributed by atoms with van der Waals surface area (Å²) in [7, 11) is 0. The molecule has 0 aliphatic heterocycles. The van der Waals surface area contributed by atoms with Gasteiger partial charge in [0.2, 0.25) is 0 Å². The van der Waals surface area contributed by atoms with Crippen molar-refractivity contribution >= 4 is 32.6 Å². The van der Waals surface area contributed by atoms with E-state index < -0.39 is 12.1 Å². The number of benzene rings is 1. The molecule has 0 aliphatic carbocycles. The summed E-state index contributed by atoms with van der Waals surface area (Å²) in [6.07, 6.45) is -4.06. The number of aromatic nitrogens is 1. The fourth-order valence-corrected chi connectivity index (χ4v) is 2.33. The number of halogens is 3. The molecule has 0 spiro atoms. The van der Waals surface area contributed by atoms with Crippen LogP contribution in [0, 0.1) is 0 Å². The van der Waals surface area contributed by atoms with E-state index in [1.807, 2.05) is 19.1 Å². The topological polar surface area (TPSA) is 42.0 Å². The van der Waals surface area contributed by atoms with Crippen LogP contribution in [0.15, 0.2) is 18.2 Å². The number of alkyl halides is 3. The van der Waals surface area contributed by atoms with Crippen molar-refractivity contribution < 1.29 is 18.0 Å². The molecule has 0 atom stereocenters. The van der Waals surface area contributed by atoms with Gasteiger partial charge >= 0.3 is 12.1 Å². The van der Waals surface area contributed by atoms with Gasteiger partial charge in [0.15, 0.2) is 5.13 Å². The van der Waals surface area contributed by atoms with Gasteiger partial charge in [0.05, 0.1) is 10.2 Å². The van der Waals surface area contributed by atoms with Gasteiger partial charge < -0.3 is 0 Å². The molecule has 0 unspecified atom stereocenters. The summed E-state index contributed by atoms with van der Waals surface area (Å²) < 4.78 is 37.0. The normalized spacial score (nSPS) is 11.8. The van der Waals surface area contributed by atoms with E-state index in [0.717, 1.165) is 28.0 Å². The maximum Gasteiger partial charge on any atom is 0.471 e. The number of aryl methyl sites for hydroxylation is 1. The van der Waals surface area contributed by atoms with E-state index in [1.54, 1.807) is 11.4 Å². The van der Waals surface area contributed by atoms with Crippen LogP contribution in [0.25, 0.3) is 10.2 Å². The SMILES string of the molecule is CCc1ccc2nc(NC(=O)C(F)(F)F)sc2c1. The van der Waals surface area contributed by atoms with Crippen molar-refractivity contribution in [2.75, 3.05) is 5.32 Å². The Labute approximate surface area is 105 Å². The Morgan fingerprint density at radius 3 is 2.78 bits per heavy atom. The quantitative estimate of drug-likeness (QED) is 0.912. The molecule has 0 fully saturated rings.